The van der Waals surface area contributed by atoms with Crippen molar-refractivity contribution in [3.05, 3.63) is 81.6 Å². The number of urea groups is 1. The predicted octanol–water partition coefficient (Wildman–Crippen LogP) is 4.55. The third kappa shape index (κ3) is 4.32. The SMILES string of the molecule is Cc1nnc(C2CCCN2C(=O)N[C@H]2COCc3c(F)cccc32)n1Cc1ccc(Cl)cc1. The summed E-state index contributed by atoms with van der Waals surface area (Å²) in [5.74, 6) is 1.25. The number of fused-ring (bicyclic) bond motifs is 1. The van der Waals surface area contributed by atoms with Crippen LogP contribution >= 0.6 is 11.6 Å². The van der Waals surface area contributed by atoms with Crippen LogP contribution in [0.1, 0.15) is 53.3 Å². The highest BCUT2D eigenvalue weighted by Gasteiger charge is 2.35. The molecule has 2 atom stereocenters. The Morgan fingerprint density at radius 3 is 2.88 bits per heavy atom. The van der Waals surface area contributed by atoms with E-state index >= 15 is 0 Å². The molecular weight excluding hydrogens is 445 g/mol. The fourth-order valence-corrected chi connectivity index (χ4v) is 4.79. The molecule has 7 nitrogen and oxygen atoms in total. The van der Waals surface area contributed by atoms with Gasteiger partial charge in [0.15, 0.2) is 5.82 Å². The number of benzene rings is 2. The Bertz CT molecular complexity index is 1170. The first-order valence-corrected chi connectivity index (χ1v) is 11.5. The average Bonchev–Trinajstić information content (AvgIpc) is 3.43. The van der Waals surface area contributed by atoms with Gasteiger partial charge in [0.2, 0.25) is 0 Å². The summed E-state index contributed by atoms with van der Waals surface area (Å²) in [6.45, 7) is 3.66. The second-order valence-electron chi connectivity index (χ2n) is 8.49. The maximum Gasteiger partial charge on any atom is 0.318 e. The van der Waals surface area contributed by atoms with E-state index in [1.165, 1.54) is 6.07 Å². The molecule has 5 rings (SSSR count). The van der Waals surface area contributed by atoms with E-state index in [1.54, 1.807) is 11.0 Å². The van der Waals surface area contributed by atoms with Crippen LogP contribution in [0.2, 0.25) is 5.02 Å². The lowest BCUT2D eigenvalue weighted by Gasteiger charge is -2.31. The van der Waals surface area contributed by atoms with Gasteiger partial charge in [-0.2, -0.15) is 0 Å². The van der Waals surface area contributed by atoms with Crippen molar-refractivity contribution >= 4 is 17.6 Å². The van der Waals surface area contributed by atoms with E-state index in [-0.39, 0.29) is 24.5 Å². The molecule has 0 radical (unpaired) electrons. The van der Waals surface area contributed by atoms with E-state index < -0.39 is 6.04 Å². The molecule has 9 heteroatoms. The predicted molar refractivity (Wildman–Crippen MR) is 121 cm³/mol. The van der Waals surface area contributed by atoms with E-state index in [0.717, 1.165) is 35.6 Å². The summed E-state index contributed by atoms with van der Waals surface area (Å²) in [4.78, 5) is 15.1. The van der Waals surface area contributed by atoms with Gasteiger partial charge < -0.3 is 19.5 Å². The standard InChI is InChI=1S/C24H25ClFN5O2/c1-15-28-29-23(31(15)12-16-7-9-17(25)10-8-16)22-6-3-11-30(22)24(32)27-21-14-33-13-19-18(21)4-2-5-20(19)26/h2,4-5,7-10,21-22H,3,6,11-14H2,1H3,(H,27,32)/t21-,22?/m0/s1. The Hall–Kier alpha value is -2.97. The Balaban J connectivity index is 1.36. The molecule has 2 amide bonds. The molecule has 3 heterocycles. The van der Waals surface area contributed by atoms with E-state index in [0.29, 0.717) is 30.3 Å². The second kappa shape index (κ2) is 9.11. The molecular formula is C24H25ClFN5O2. The fraction of sp³-hybridized carbons (Fsp3) is 0.375. The first kappa shape index (κ1) is 21.9. The summed E-state index contributed by atoms with van der Waals surface area (Å²) in [5.41, 5.74) is 2.35. The van der Waals surface area contributed by atoms with Crippen molar-refractivity contribution in [2.45, 2.75) is 45.0 Å². The molecule has 0 bridgehead atoms. The van der Waals surface area contributed by atoms with E-state index in [9.17, 15) is 9.18 Å². The summed E-state index contributed by atoms with van der Waals surface area (Å²) >= 11 is 6.02. The number of aromatic nitrogens is 3. The highest BCUT2D eigenvalue weighted by Crippen LogP contribution is 2.33. The summed E-state index contributed by atoms with van der Waals surface area (Å²) in [7, 11) is 0. The number of aryl methyl sites for hydroxylation is 1. The van der Waals surface area contributed by atoms with Crippen molar-refractivity contribution in [3.63, 3.8) is 0 Å². The lowest BCUT2D eigenvalue weighted by Crippen LogP contribution is -2.44. The number of nitrogens with zero attached hydrogens (tertiary/aromatic N) is 4. The lowest BCUT2D eigenvalue weighted by molar-refractivity contribution is 0.0788. The zero-order valence-electron chi connectivity index (χ0n) is 18.3. The van der Waals surface area contributed by atoms with E-state index in [4.69, 9.17) is 16.3 Å². The number of nitrogens with one attached hydrogen (secondary N) is 1. The van der Waals surface area contributed by atoms with Crippen molar-refractivity contribution in [1.82, 2.24) is 25.0 Å². The van der Waals surface area contributed by atoms with Crippen LogP contribution in [0.4, 0.5) is 9.18 Å². The smallest absolute Gasteiger partial charge is 0.318 e. The summed E-state index contributed by atoms with van der Waals surface area (Å²) in [6.07, 6.45) is 1.68. The van der Waals surface area contributed by atoms with Crippen LogP contribution in [-0.4, -0.2) is 38.8 Å². The molecule has 2 aliphatic rings. The van der Waals surface area contributed by atoms with Crippen LogP contribution in [-0.2, 0) is 17.9 Å². The molecule has 1 aromatic heterocycles. The van der Waals surface area contributed by atoms with Gasteiger partial charge in [0.25, 0.3) is 0 Å². The maximum absolute atomic E-state index is 14.2. The van der Waals surface area contributed by atoms with Gasteiger partial charge in [-0.15, -0.1) is 10.2 Å². The lowest BCUT2D eigenvalue weighted by atomic mass is 9.98. The normalized spacial score (nSPS) is 20.0. The summed E-state index contributed by atoms with van der Waals surface area (Å²) in [5, 5.41) is 12.5. The van der Waals surface area contributed by atoms with Gasteiger partial charge in [-0.05, 0) is 49.1 Å². The summed E-state index contributed by atoms with van der Waals surface area (Å²) < 4.78 is 21.8. The van der Waals surface area contributed by atoms with Crippen LogP contribution in [0, 0.1) is 12.7 Å². The largest absolute Gasteiger partial charge is 0.374 e. The molecule has 0 spiro atoms. The van der Waals surface area contributed by atoms with Crippen molar-refractivity contribution < 1.29 is 13.9 Å². The molecule has 2 aliphatic heterocycles. The number of halogens is 2. The van der Waals surface area contributed by atoms with Gasteiger partial charge in [-0.1, -0.05) is 35.9 Å². The number of hydrogen-bond acceptors (Lipinski definition) is 4. The molecule has 2 aromatic carbocycles. The number of likely N-dealkylation sites (tertiary alicyclic amines) is 1. The van der Waals surface area contributed by atoms with Gasteiger partial charge in [0.1, 0.15) is 11.6 Å². The maximum atomic E-state index is 14.2. The van der Waals surface area contributed by atoms with Crippen LogP contribution in [0.15, 0.2) is 42.5 Å². The third-order valence-corrected chi connectivity index (χ3v) is 6.64. The van der Waals surface area contributed by atoms with Gasteiger partial charge in [0.05, 0.1) is 31.8 Å². The van der Waals surface area contributed by atoms with E-state index in [2.05, 4.69) is 15.5 Å². The van der Waals surface area contributed by atoms with Crippen LogP contribution in [0.25, 0.3) is 0 Å². The van der Waals surface area contributed by atoms with Gasteiger partial charge >= 0.3 is 6.03 Å². The minimum absolute atomic E-state index is 0.185. The molecule has 1 saturated heterocycles. The quantitative estimate of drug-likeness (QED) is 0.608. The molecule has 172 valence electrons. The number of carbonyl (C=O) groups is 1. The third-order valence-electron chi connectivity index (χ3n) is 6.39. The van der Waals surface area contributed by atoms with Crippen LogP contribution in [0.5, 0.6) is 0 Å². The van der Waals surface area contributed by atoms with Gasteiger partial charge in [0, 0.05) is 17.1 Å². The van der Waals surface area contributed by atoms with Crippen LogP contribution < -0.4 is 5.32 Å². The highest BCUT2D eigenvalue weighted by molar-refractivity contribution is 6.30. The second-order valence-corrected chi connectivity index (χ2v) is 8.93. The minimum Gasteiger partial charge on any atom is -0.374 e. The first-order valence-electron chi connectivity index (χ1n) is 11.1. The molecule has 1 unspecified atom stereocenters. The molecule has 1 N–H and O–H groups in total. The topological polar surface area (TPSA) is 72.3 Å². The number of amides is 2. The van der Waals surface area contributed by atoms with Crippen molar-refractivity contribution in [1.29, 1.82) is 0 Å². The van der Waals surface area contributed by atoms with Crippen molar-refractivity contribution in [2.24, 2.45) is 0 Å². The number of carbonyl (C=O) groups excluding carboxylic acids is 1. The number of ether oxygens (including phenoxy) is 1. The van der Waals surface area contributed by atoms with Crippen LogP contribution in [0.3, 0.4) is 0 Å². The Kier molecular flexibility index (Phi) is 6.03. The number of rotatable bonds is 4. The van der Waals surface area contributed by atoms with Crippen molar-refractivity contribution in [3.8, 4) is 0 Å². The first-order chi connectivity index (χ1) is 16.0. The van der Waals surface area contributed by atoms with Gasteiger partial charge in [-0.3, -0.25) is 0 Å². The molecule has 33 heavy (non-hydrogen) atoms. The highest BCUT2D eigenvalue weighted by atomic mass is 35.5. The molecule has 3 aromatic rings. The van der Waals surface area contributed by atoms with E-state index in [1.807, 2.05) is 41.8 Å². The fourth-order valence-electron chi connectivity index (χ4n) is 4.66. The summed E-state index contributed by atoms with van der Waals surface area (Å²) in [6, 6.07) is 11.8. The molecule has 0 saturated carbocycles. The molecule has 1 fully saturated rings. The Morgan fingerprint density at radius 1 is 1.24 bits per heavy atom. The average molecular weight is 470 g/mol. The van der Waals surface area contributed by atoms with Crippen molar-refractivity contribution in [2.75, 3.05) is 13.2 Å². The zero-order valence-corrected chi connectivity index (χ0v) is 19.1. The Labute approximate surface area is 196 Å². The number of hydrogen-bond donors (Lipinski definition) is 1. The van der Waals surface area contributed by atoms with Gasteiger partial charge in [-0.25, -0.2) is 9.18 Å². The monoisotopic (exact) mass is 469 g/mol. The Morgan fingerprint density at radius 2 is 2.06 bits per heavy atom. The molecule has 0 aliphatic carbocycles. The minimum atomic E-state index is -0.396. The zero-order chi connectivity index (χ0) is 22.9.